The van der Waals surface area contributed by atoms with E-state index in [0.717, 1.165) is 0 Å². The zero-order valence-electron chi connectivity index (χ0n) is 11.5. The standard InChI is InChI=1S/C12H22N2O4/c1-5-14(4)12(17)9(3)13-10(15)7-8-11(16)18-6-2/h9H,5-8H2,1-4H3,(H,13,15). The molecule has 0 rings (SSSR count). The minimum absolute atomic E-state index is 0.0319. The molecule has 0 radical (unpaired) electrons. The minimum Gasteiger partial charge on any atom is -0.466 e. The Labute approximate surface area is 108 Å². The highest BCUT2D eigenvalue weighted by molar-refractivity contribution is 5.88. The van der Waals surface area contributed by atoms with Crippen molar-refractivity contribution in [2.45, 2.75) is 39.7 Å². The Bertz CT molecular complexity index is 304. The van der Waals surface area contributed by atoms with E-state index in [4.69, 9.17) is 4.74 Å². The van der Waals surface area contributed by atoms with Gasteiger partial charge in [-0.2, -0.15) is 0 Å². The van der Waals surface area contributed by atoms with Gasteiger partial charge in [-0.3, -0.25) is 14.4 Å². The number of nitrogens with one attached hydrogen (secondary N) is 1. The van der Waals surface area contributed by atoms with Gasteiger partial charge in [0.15, 0.2) is 0 Å². The van der Waals surface area contributed by atoms with Crippen molar-refractivity contribution in [2.75, 3.05) is 20.2 Å². The Hall–Kier alpha value is -1.59. The van der Waals surface area contributed by atoms with Crippen molar-refractivity contribution in [1.29, 1.82) is 0 Å². The average molecular weight is 258 g/mol. The largest absolute Gasteiger partial charge is 0.466 e. The lowest BCUT2D eigenvalue weighted by atomic mass is 10.2. The molecule has 0 aliphatic heterocycles. The summed E-state index contributed by atoms with van der Waals surface area (Å²) in [5, 5.41) is 2.55. The van der Waals surface area contributed by atoms with E-state index in [1.54, 1.807) is 20.9 Å². The summed E-state index contributed by atoms with van der Waals surface area (Å²) in [6, 6.07) is -0.579. The number of amides is 2. The average Bonchev–Trinajstić information content (AvgIpc) is 2.34. The Kier molecular flexibility index (Phi) is 7.74. The third kappa shape index (κ3) is 6.22. The Balaban J connectivity index is 4.01. The van der Waals surface area contributed by atoms with Gasteiger partial charge in [-0.15, -0.1) is 0 Å². The molecular weight excluding hydrogens is 236 g/mol. The van der Waals surface area contributed by atoms with Crippen molar-refractivity contribution in [3.8, 4) is 0 Å². The lowest BCUT2D eigenvalue weighted by molar-refractivity contribution is -0.144. The van der Waals surface area contributed by atoms with E-state index in [0.29, 0.717) is 13.2 Å². The van der Waals surface area contributed by atoms with Gasteiger partial charge in [0.25, 0.3) is 0 Å². The number of rotatable bonds is 7. The van der Waals surface area contributed by atoms with Crippen molar-refractivity contribution in [3.63, 3.8) is 0 Å². The van der Waals surface area contributed by atoms with Crippen molar-refractivity contribution in [3.05, 3.63) is 0 Å². The summed E-state index contributed by atoms with van der Waals surface area (Å²) < 4.78 is 4.71. The summed E-state index contributed by atoms with van der Waals surface area (Å²) in [5.74, 6) is -0.882. The zero-order chi connectivity index (χ0) is 14.1. The molecule has 104 valence electrons. The predicted octanol–water partition coefficient (Wildman–Crippen LogP) is 0.313. The Morgan fingerprint density at radius 1 is 1.22 bits per heavy atom. The van der Waals surface area contributed by atoms with Crippen LogP contribution in [0.4, 0.5) is 0 Å². The van der Waals surface area contributed by atoms with E-state index in [1.807, 2.05) is 6.92 Å². The molecule has 0 aliphatic rings. The monoisotopic (exact) mass is 258 g/mol. The highest BCUT2D eigenvalue weighted by Gasteiger charge is 2.18. The number of carbonyl (C=O) groups is 3. The highest BCUT2D eigenvalue weighted by Crippen LogP contribution is 1.96. The van der Waals surface area contributed by atoms with Crippen molar-refractivity contribution in [2.24, 2.45) is 0 Å². The molecular formula is C12H22N2O4. The van der Waals surface area contributed by atoms with Crippen LogP contribution in [0.2, 0.25) is 0 Å². The van der Waals surface area contributed by atoms with Gasteiger partial charge in [-0.05, 0) is 20.8 Å². The van der Waals surface area contributed by atoms with Crippen LogP contribution in [-0.2, 0) is 19.1 Å². The smallest absolute Gasteiger partial charge is 0.306 e. The molecule has 0 aromatic heterocycles. The molecule has 0 heterocycles. The molecule has 0 aromatic carbocycles. The van der Waals surface area contributed by atoms with E-state index in [2.05, 4.69) is 5.32 Å². The molecule has 0 saturated heterocycles. The SMILES string of the molecule is CCOC(=O)CCC(=O)NC(C)C(=O)N(C)CC. The van der Waals surface area contributed by atoms with Crippen LogP contribution in [0.3, 0.4) is 0 Å². The van der Waals surface area contributed by atoms with Gasteiger partial charge in [0, 0.05) is 20.0 Å². The first-order valence-corrected chi connectivity index (χ1v) is 6.12. The lowest BCUT2D eigenvalue weighted by Gasteiger charge is -2.20. The fourth-order valence-electron chi connectivity index (χ4n) is 1.31. The quantitative estimate of drug-likeness (QED) is 0.667. The first kappa shape index (κ1) is 16.4. The molecule has 0 saturated carbocycles. The number of hydrogen-bond donors (Lipinski definition) is 1. The van der Waals surface area contributed by atoms with Gasteiger partial charge >= 0.3 is 5.97 Å². The highest BCUT2D eigenvalue weighted by atomic mass is 16.5. The topological polar surface area (TPSA) is 75.7 Å². The second-order valence-corrected chi connectivity index (χ2v) is 3.95. The zero-order valence-corrected chi connectivity index (χ0v) is 11.5. The third-order valence-corrected chi connectivity index (χ3v) is 2.46. The number of esters is 1. The van der Waals surface area contributed by atoms with Crippen LogP contribution in [0, 0.1) is 0 Å². The number of likely N-dealkylation sites (N-methyl/N-ethyl adjacent to an activating group) is 1. The van der Waals surface area contributed by atoms with Gasteiger partial charge in [-0.25, -0.2) is 0 Å². The van der Waals surface area contributed by atoms with Crippen molar-refractivity contribution in [1.82, 2.24) is 10.2 Å². The van der Waals surface area contributed by atoms with Crippen LogP contribution >= 0.6 is 0 Å². The molecule has 0 aromatic rings. The van der Waals surface area contributed by atoms with Crippen molar-refractivity contribution < 1.29 is 19.1 Å². The number of ether oxygens (including phenoxy) is 1. The maximum Gasteiger partial charge on any atom is 0.306 e. The molecule has 6 heteroatoms. The summed E-state index contributed by atoms with van der Waals surface area (Å²) in [6.07, 6.45) is 0.0660. The molecule has 0 aliphatic carbocycles. The van der Waals surface area contributed by atoms with Gasteiger partial charge in [0.2, 0.25) is 11.8 Å². The Morgan fingerprint density at radius 2 is 1.83 bits per heavy atom. The van der Waals surface area contributed by atoms with Gasteiger partial charge in [-0.1, -0.05) is 0 Å². The number of hydrogen-bond acceptors (Lipinski definition) is 4. The van der Waals surface area contributed by atoms with Crippen LogP contribution < -0.4 is 5.32 Å². The van der Waals surface area contributed by atoms with Gasteiger partial charge in [0.1, 0.15) is 6.04 Å². The van der Waals surface area contributed by atoms with E-state index in [9.17, 15) is 14.4 Å². The molecule has 1 unspecified atom stereocenters. The second-order valence-electron chi connectivity index (χ2n) is 3.95. The molecule has 0 spiro atoms. The first-order chi connectivity index (χ1) is 8.42. The van der Waals surface area contributed by atoms with Crippen LogP contribution in [-0.4, -0.2) is 48.9 Å². The molecule has 1 N–H and O–H groups in total. The summed E-state index contributed by atoms with van der Waals surface area (Å²) in [7, 11) is 1.67. The summed E-state index contributed by atoms with van der Waals surface area (Å²) in [5.41, 5.74) is 0. The van der Waals surface area contributed by atoms with E-state index in [1.165, 1.54) is 4.90 Å². The maximum absolute atomic E-state index is 11.7. The number of carbonyl (C=O) groups excluding carboxylic acids is 3. The molecule has 1 atom stereocenters. The molecule has 18 heavy (non-hydrogen) atoms. The second kappa shape index (κ2) is 8.49. The molecule has 0 bridgehead atoms. The third-order valence-electron chi connectivity index (χ3n) is 2.46. The normalized spacial score (nSPS) is 11.6. The first-order valence-electron chi connectivity index (χ1n) is 6.12. The summed E-state index contributed by atoms with van der Waals surface area (Å²) >= 11 is 0. The summed E-state index contributed by atoms with van der Waals surface area (Å²) in [6.45, 7) is 6.07. The fraction of sp³-hybridized carbons (Fsp3) is 0.750. The predicted molar refractivity (Wildman–Crippen MR) is 66.8 cm³/mol. The molecule has 6 nitrogen and oxygen atoms in total. The minimum atomic E-state index is -0.579. The Morgan fingerprint density at radius 3 is 2.33 bits per heavy atom. The maximum atomic E-state index is 11.7. The fourth-order valence-corrected chi connectivity index (χ4v) is 1.31. The molecule has 0 fully saturated rings. The van der Waals surface area contributed by atoms with Crippen LogP contribution in [0.1, 0.15) is 33.6 Å². The van der Waals surface area contributed by atoms with Crippen LogP contribution in [0.15, 0.2) is 0 Å². The molecule has 2 amide bonds. The lowest BCUT2D eigenvalue weighted by Crippen LogP contribution is -2.45. The van der Waals surface area contributed by atoms with Crippen LogP contribution in [0.5, 0.6) is 0 Å². The van der Waals surface area contributed by atoms with E-state index < -0.39 is 12.0 Å². The van der Waals surface area contributed by atoms with Gasteiger partial charge in [0.05, 0.1) is 13.0 Å². The number of nitrogens with zero attached hydrogens (tertiary/aromatic N) is 1. The summed E-state index contributed by atoms with van der Waals surface area (Å²) in [4.78, 5) is 35.7. The van der Waals surface area contributed by atoms with E-state index >= 15 is 0 Å². The van der Waals surface area contributed by atoms with Crippen molar-refractivity contribution >= 4 is 17.8 Å². The van der Waals surface area contributed by atoms with Crippen LogP contribution in [0.25, 0.3) is 0 Å². The van der Waals surface area contributed by atoms with Gasteiger partial charge < -0.3 is 15.0 Å². The van der Waals surface area contributed by atoms with E-state index in [-0.39, 0.29) is 24.7 Å².